The molecule has 2 aromatic rings. The van der Waals surface area contributed by atoms with Crippen LogP contribution in [0.1, 0.15) is 17.0 Å². The number of aromatic nitrogens is 4. The SMILES string of the molecule is Cc1nn(C[C@H](O)Cn2cc([N+](=O)[O-])cn2)c(C)c1C. The summed E-state index contributed by atoms with van der Waals surface area (Å²) >= 11 is 0. The normalized spacial score (nSPS) is 12.6. The molecular weight excluding hydrogens is 262 g/mol. The molecule has 0 aromatic carbocycles. The number of rotatable bonds is 5. The van der Waals surface area contributed by atoms with Gasteiger partial charge in [-0.2, -0.15) is 10.2 Å². The van der Waals surface area contributed by atoms with Gasteiger partial charge in [-0.1, -0.05) is 0 Å². The van der Waals surface area contributed by atoms with Crippen LogP contribution in [-0.4, -0.2) is 35.7 Å². The first-order chi connectivity index (χ1) is 9.38. The van der Waals surface area contributed by atoms with Crippen molar-refractivity contribution in [2.24, 2.45) is 0 Å². The minimum absolute atomic E-state index is 0.0841. The van der Waals surface area contributed by atoms with Crippen molar-refractivity contribution in [1.82, 2.24) is 19.6 Å². The maximum absolute atomic E-state index is 10.6. The zero-order chi connectivity index (χ0) is 14.9. The van der Waals surface area contributed by atoms with Gasteiger partial charge in [-0.25, -0.2) is 0 Å². The molecule has 20 heavy (non-hydrogen) atoms. The molecule has 2 rings (SSSR count). The van der Waals surface area contributed by atoms with E-state index < -0.39 is 11.0 Å². The first kappa shape index (κ1) is 14.2. The van der Waals surface area contributed by atoms with E-state index in [2.05, 4.69) is 10.2 Å². The first-order valence-corrected chi connectivity index (χ1v) is 6.24. The third-order valence-electron chi connectivity index (χ3n) is 3.36. The fourth-order valence-corrected chi connectivity index (χ4v) is 1.98. The molecule has 0 saturated carbocycles. The monoisotopic (exact) mass is 279 g/mol. The van der Waals surface area contributed by atoms with Crippen LogP contribution >= 0.6 is 0 Å². The van der Waals surface area contributed by atoms with E-state index in [0.29, 0.717) is 6.54 Å². The summed E-state index contributed by atoms with van der Waals surface area (Å²) in [6.45, 7) is 6.36. The molecule has 1 atom stereocenters. The zero-order valence-corrected chi connectivity index (χ0v) is 11.6. The molecule has 0 unspecified atom stereocenters. The largest absolute Gasteiger partial charge is 0.389 e. The van der Waals surface area contributed by atoms with Crippen molar-refractivity contribution < 1.29 is 10.0 Å². The highest BCUT2D eigenvalue weighted by molar-refractivity contribution is 5.22. The molecule has 1 N–H and O–H groups in total. The molecule has 0 saturated heterocycles. The number of aliphatic hydroxyl groups is 1. The lowest BCUT2D eigenvalue weighted by molar-refractivity contribution is -0.385. The average Bonchev–Trinajstić information content (AvgIpc) is 2.92. The Morgan fingerprint density at radius 2 is 2.10 bits per heavy atom. The summed E-state index contributed by atoms with van der Waals surface area (Å²) in [7, 11) is 0. The molecule has 0 aliphatic carbocycles. The van der Waals surface area contributed by atoms with E-state index in [9.17, 15) is 15.2 Å². The maximum atomic E-state index is 10.6. The van der Waals surface area contributed by atoms with Gasteiger partial charge in [0, 0.05) is 5.69 Å². The molecule has 8 heteroatoms. The lowest BCUT2D eigenvalue weighted by atomic mass is 10.2. The third kappa shape index (κ3) is 2.85. The predicted octanol–water partition coefficient (Wildman–Crippen LogP) is 0.974. The van der Waals surface area contributed by atoms with Crippen molar-refractivity contribution in [3.05, 3.63) is 39.5 Å². The van der Waals surface area contributed by atoms with Crippen LogP contribution in [-0.2, 0) is 13.1 Å². The van der Waals surface area contributed by atoms with E-state index in [-0.39, 0.29) is 12.2 Å². The van der Waals surface area contributed by atoms with Gasteiger partial charge in [0.1, 0.15) is 12.4 Å². The summed E-state index contributed by atoms with van der Waals surface area (Å²) in [4.78, 5) is 10.0. The average molecular weight is 279 g/mol. The molecule has 0 aliphatic heterocycles. The van der Waals surface area contributed by atoms with E-state index in [1.807, 2.05) is 20.8 Å². The number of hydrogen-bond acceptors (Lipinski definition) is 5. The van der Waals surface area contributed by atoms with Crippen molar-refractivity contribution in [2.45, 2.75) is 40.0 Å². The van der Waals surface area contributed by atoms with E-state index in [4.69, 9.17) is 0 Å². The second-order valence-electron chi connectivity index (χ2n) is 4.81. The van der Waals surface area contributed by atoms with Crippen LogP contribution < -0.4 is 0 Å². The minimum atomic E-state index is -0.716. The topological polar surface area (TPSA) is 99.0 Å². The second kappa shape index (κ2) is 5.41. The standard InChI is InChI=1S/C12H17N5O3/c1-8-9(2)14-16(10(8)3)7-12(18)6-15-5-11(4-13-15)17(19)20/h4-5,12,18H,6-7H2,1-3H3/t12-/m1/s1. The predicted molar refractivity (Wildman–Crippen MR) is 71.3 cm³/mol. The van der Waals surface area contributed by atoms with Gasteiger partial charge in [0.05, 0.1) is 29.8 Å². The van der Waals surface area contributed by atoms with Crippen LogP contribution in [0.4, 0.5) is 5.69 Å². The Balaban J connectivity index is 2.02. The molecule has 0 bridgehead atoms. The molecule has 0 amide bonds. The van der Waals surface area contributed by atoms with Gasteiger partial charge in [-0.05, 0) is 26.3 Å². The van der Waals surface area contributed by atoms with Gasteiger partial charge >= 0.3 is 5.69 Å². The van der Waals surface area contributed by atoms with Gasteiger partial charge in [-0.3, -0.25) is 19.5 Å². The molecule has 108 valence electrons. The van der Waals surface area contributed by atoms with E-state index >= 15 is 0 Å². The molecule has 0 fully saturated rings. The van der Waals surface area contributed by atoms with E-state index in [0.717, 1.165) is 17.0 Å². The highest BCUT2D eigenvalue weighted by Crippen LogP contribution is 2.12. The highest BCUT2D eigenvalue weighted by Gasteiger charge is 2.14. The molecule has 0 spiro atoms. The zero-order valence-electron chi connectivity index (χ0n) is 11.6. The summed E-state index contributed by atoms with van der Waals surface area (Å²) in [5.41, 5.74) is 2.96. The van der Waals surface area contributed by atoms with Crippen LogP contribution in [0.2, 0.25) is 0 Å². The highest BCUT2D eigenvalue weighted by atomic mass is 16.6. The first-order valence-electron chi connectivity index (χ1n) is 6.24. The maximum Gasteiger partial charge on any atom is 0.306 e. The van der Waals surface area contributed by atoms with Crippen LogP contribution in [0, 0.1) is 30.9 Å². The fourth-order valence-electron chi connectivity index (χ4n) is 1.98. The van der Waals surface area contributed by atoms with Crippen LogP contribution in [0.5, 0.6) is 0 Å². The Hall–Kier alpha value is -2.22. The lowest BCUT2D eigenvalue weighted by Crippen LogP contribution is -2.23. The van der Waals surface area contributed by atoms with Gasteiger partial charge in [-0.15, -0.1) is 0 Å². The van der Waals surface area contributed by atoms with E-state index in [1.54, 1.807) is 4.68 Å². The molecule has 8 nitrogen and oxygen atoms in total. The van der Waals surface area contributed by atoms with Gasteiger partial charge in [0.2, 0.25) is 0 Å². The van der Waals surface area contributed by atoms with Crippen molar-refractivity contribution in [3.8, 4) is 0 Å². The van der Waals surface area contributed by atoms with Crippen LogP contribution in [0.3, 0.4) is 0 Å². The summed E-state index contributed by atoms with van der Waals surface area (Å²) in [6, 6.07) is 0. The Labute approximate surface area is 115 Å². The number of hydrogen-bond donors (Lipinski definition) is 1. The molecular formula is C12H17N5O3. The van der Waals surface area contributed by atoms with Crippen LogP contribution in [0.15, 0.2) is 12.4 Å². The van der Waals surface area contributed by atoms with Crippen molar-refractivity contribution >= 4 is 5.69 Å². The summed E-state index contributed by atoms with van der Waals surface area (Å²) in [6.07, 6.45) is 1.75. The summed E-state index contributed by atoms with van der Waals surface area (Å²) in [5.74, 6) is 0. The van der Waals surface area contributed by atoms with Gasteiger partial charge < -0.3 is 5.11 Å². The summed E-state index contributed by atoms with van der Waals surface area (Å²) in [5, 5.41) is 28.8. The van der Waals surface area contributed by atoms with Crippen molar-refractivity contribution in [1.29, 1.82) is 0 Å². The van der Waals surface area contributed by atoms with Gasteiger partial charge in [0.25, 0.3) is 0 Å². The smallest absolute Gasteiger partial charge is 0.306 e. The molecule has 0 radical (unpaired) electrons. The third-order valence-corrected chi connectivity index (χ3v) is 3.36. The minimum Gasteiger partial charge on any atom is -0.389 e. The van der Waals surface area contributed by atoms with E-state index in [1.165, 1.54) is 17.1 Å². The number of nitrogens with zero attached hydrogens (tertiary/aromatic N) is 5. The van der Waals surface area contributed by atoms with Crippen LogP contribution in [0.25, 0.3) is 0 Å². The lowest BCUT2D eigenvalue weighted by Gasteiger charge is -2.12. The number of aryl methyl sites for hydroxylation is 1. The quantitative estimate of drug-likeness (QED) is 0.649. The Morgan fingerprint density at radius 3 is 2.60 bits per heavy atom. The van der Waals surface area contributed by atoms with Crippen molar-refractivity contribution in [3.63, 3.8) is 0 Å². The Kier molecular flexibility index (Phi) is 3.84. The number of aliphatic hydroxyl groups excluding tert-OH is 1. The number of nitro groups is 1. The molecule has 2 heterocycles. The fraction of sp³-hybridized carbons (Fsp3) is 0.500. The molecule has 2 aromatic heterocycles. The Morgan fingerprint density at radius 1 is 1.40 bits per heavy atom. The van der Waals surface area contributed by atoms with Crippen molar-refractivity contribution in [2.75, 3.05) is 0 Å². The van der Waals surface area contributed by atoms with Gasteiger partial charge in [0.15, 0.2) is 0 Å². The second-order valence-corrected chi connectivity index (χ2v) is 4.81. The summed E-state index contributed by atoms with van der Waals surface area (Å²) < 4.78 is 3.11. The molecule has 0 aliphatic rings. The Bertz CT molecular complexity index is 631.